The van der Waals surface area contributed by atoms with Gasteiger partial charge in [-0.3, -0.25) is 9.59 Å². The zero-order chi connectivity index (χ0) is 16.9. The predicted molar refractivity (Wildman–Crippen MR) is 94.3 cm³/mol. The van der Waals surface area contributed by atoms with Crippen molar-refractivity contribution in [1.82, 2.24) is 15.5 Å². The van der Waals surface area contributed by atoms with Crippen LogP contribution in [0, 0.1) is 0 Å². The number of nitrogens with one attached hydrogen (secondary N) is 2. The van der Waals surface area contributed by atoms with Crippen LogP contribution in [-0.4, -0.2) is 62.0 Å². The molecule has 0 radical (unpaired) electrons. The number of nitrogens with zero attached hydrogens (tertiary/aromatic N) is 2. The number of benzene rings is 1. The average Bonchev–Trinajstić information content (AvgIpc) is 3.15. The van der Waals surface area contributed by atoms with Crippen LogP contribution in [0.25, 0.3) is 0 Å². The second-order valence-electron chi connectivity index (χ2n) is 6.21. The monoisotopic (exact) mass is 350 g/mol. The Balaban J connectivity index is 1.43. The van der Waals surface area contributed by atoms with E-state index in [1.165, 1.54) is 0 Å². The Morgan fingerprint density at radius 2 is 1.88 bits per heavy atom. The first kappa shape index (κ1) is 17.0. The summed E-state index contributed by atoms with van der Waals surface area (Å²) in [7, 11) is 0. The fourth-order valence-corrected chi connectivity index (χ4v) is 3.30. The van der Waals surface area contributed by atoms with E-state index < -0.39 is 0 Å². The van der Waals surface area contributed by atoms with Gasteiger partial charge in [0.05, 0.1) is 12.6 Å². The standard InChI is InChI=1S/C17H23ClN4O2/c18-13-3-5-14(6-4-13)21-8-10-22(11-9-21)16(23)12-20-17(24)15-2-1-7-19-15/h3-6,15,19H,1-2,7-12H2,(H,20,24)/t15-/m0/s1. The van der Waals surface area contributed by atoms with Crippen molar-refractivity contribution in [3.63, 3.8) is 0 Å². The van der Waals surface area contributed by atoms with Gasteiger partial charge in [0.1, 0.15) is 0 Å². The van der Waals surface area contributed by atoms with Gasteiger partial charge in [-0.25, -0.2) is 0 Å². The van der Waals surface area contributed by atoms with Crippen molar-refractivity contribution in [1.29, 1.82) is 0 Å². The normalized spacial score (nSPS) is 21.0. The molecule has 2 heterocycles. The highest BCUT2D eigenvalue weighted by molar-refractivity contribution is 6.30. The van der Waals surface area contributed by atoms with Crippen LogP contribution in [0.4, 0.5) is 5.69 Å². The fraction of sp³-hybridized carbons (Fsp3) is 0.529. The highest BCUT2D eigenvalue weighted by atomic mass is 35.5. The number of hydrogen-bond donors (Lipinski definition) is 2. The maximum Gasteiger partial charge on any atom is 0.242 e. The first-order valence-corrected chi connectivity index (χ1v) is 8.80. The molecule has 0 spiro atoms. The van der Waals surface area contributed by atoms with E-state index in [4.69, 9.17) is 11.6 Å². The lowest BCUT2D eigenvalue weighted by molar-refractivity contribution is -0.133. The summed E-state index contributed by atoms with van der Waals surface area (Å²) in [6.07, 6.45) is 1.86. The van der Waals surface area contributed by atoms with Gasteiger partial charge in [-0.05, 0) is 43.7 Å². The summed E-state index contributed by atoms with van der Waals surface area (Å²) in [6, 6.07) is 7.60. The molecule has 130 valence electrons. The minimum absolute atomic E-state index is 0.0166. The first-order chi connectivity index (χ1) is 11.6. The fourth-order valence-electron chi connectivity index (χ4n) is 3.17. The van der Waals surface area contributed by atoms with E-state index in [1.54, 1.807) is 0 Å². The minimum Gasteiger partial charge on any atom is -0.368 e. The van der Waals surface area contributed by atoms with Crippen LogP contribution in [-0.2, 0) is 9.59 Å². The first-order valence-electron chi connectivity index (χ1n) is 8.43. The van der Waals surface area contributed by atoms with Crippen molar-refractivity contribution in [3.05, 3.63) is 29.3 Å². The van der Waals surface area contributed by atoms with Gasteiger partial charge in [0.25, 0.3) is 0 Å². The molecule has 2 N–H and O–H groups in total. The lowest BCUT2D eigenvalue weighted by atomic mass is 10.2. The summed E-state index contributed by atoms with van der Waals surface area (Å²) in [5.74, 6) is -0.0854. The summed E-state index contributed by atoms with van der Waals surface area (Å²) in [5, 5.41) is 6.61. The summed E-state index contributed by atoms with van der Waals surface area (Å²) in [4.78, 5) is 28.2. The van der Waals surface area contributed by atoms with Crippen LogP contribution < -0.4 is 15.5 Å². The van der Waals surface area contributed by atoms with Crippen molar-refractivity contribution in [2.45, 2.75) is 18.9 Å². The van der Waals surface area contributed by atoms with E-state index in [2.05, 4.69) is 15.5 Å². The van der Waals surface area contributed by atoms with E-state index >= 15 is 0 Å². The lowest BCUT2D eigenvalue weighted by Gasteiger charge is -2.36. The molecule has 2 amide bonds. The smallest absolute Gasteiger partial charge is 0.242 e. The molecule has 0 aliphatic carbocycles. The Kier molecular flexibility index (Phi) is 5.58. The van der Waals surface area contributed by atoms with Crippen molar-refractivity contribution >= 4 is 29.1 Å². The van der Waals surface area contributed by atoms with Crippen LogP contribution in [0.3, 0.4) is 0 Å². The molecule has 1 aromatic rings. The molecule has 0 bridgehead atoms. The van der Waals surface area contributed by atoms with Crippen LogP contribution in [0.15, 0.2) is 24.3 Å². The highest BCUT2D eigenvalue weighted by Gasteiger charge is 2.24. The molecule has 2 aliphatic heterocycles. The number of rotatable bonds is 4. The molecule has 1 aromatic carbocycles. The Labute approximate surface area is 147 Å². The molecule has 3 rings (SSSR count). The summed E-state index contributed by atoms with van der Waals surface area (Å²) in [6.45, 7) is 3.85. The maximum atomic E-state index is 12.3. The molecule has 2 aliphatic rings. The zero-order valence-electron chi connectivity index (χ0n) is 13.6. The van der Waals surface area contributed by atoms with Crippen LogP contribution in [0.2, 0.25) is 5.02 Å². The number of carbonyl (C=O) groups excluding carboxylic acids is 2. The number of halogens is 1. The number of amides is 2. The van der Waals surface area contributed by atoms with E-state index in [1.807, 2.05) is 29.2 Å². The second kappa shape index (κ2) is 7.85. The van der Waals surface area contributed by atoms with Gasteiger partial charge < -0.3 is 20.4 Å². The Bertz CT molecular complexity index is 579. The second-order valence-corrected chi connectivity index (χ2v) is 6.65. The average molecular weight is 351 g/mol. The number of hydrogen-bond acceptors (Lipinski definition) is 4. The van der Waals surface area contributed by atoms with Crippen molar-refractivity contribution in [3.8, 4) is 0 Å². The SMILES string of the molecule is O=C(NCC(=O)N1CCN(c2ccc(Cl)cc2)CC1)[C@@H]1CCCN1. The van der Waals surface area contributed by atoms with Crippen LogP contribution in [0.1, 0.15) is 12.8 Å². The molecular weight excluding hydrogens is 328 g/mol. The van der Waals surface area contributed by atoms with Crippen LogP contribution >= 0.6 is 11.6 Å². The molecule has 6 nitrogen and oxygen atoms in total. The van der Waals surface area contributed by atoms with Gasteiger partial charge in [-0.2, -0.15) is 0 Å². The molecule has 0 unspecified atom stereocenters. The number of carbonyl (C=O) groups is 2. The maximum absolute atomic E-state index is 12.3. The van der Waals surface area contributed by atoms with Crippen molar-refractivity contribution in [2.24, 2.45) is 0 Å². The van der Waals surface area contributed by atoms with Gasteiger partial charge in [0.2, 0.25) is 11.8 Å². The molecule has 2 fully saturated rings. The molecular formula is C17H23ClN4O2. The Morgan fingerprint density at radius 1 is 1.17 bits per heavy atom. The van der Waals surface area contributed by atoms with E-state index in [-0.39, 0.29) is 24.4 Å². The summed E-state index contributed by atoms with van der Waals surface area (Å²) in [5.41, 5.74) is 1.12. The van der Waals surface area contributed by atoms with Gasteiger partial charge in [0, 0.05) is 36.9 Å². The van der Waals surface area contributed by atoms with Gasteiger partial charge in [-0.1, -0.05) is 11.6 Å². The van der Waals surface area contributed by atoms with Gasteiger partial charge in [-0.15, -0.1) is 0 Å². The predicted octanol–water partition coefficient (Wildman–Crippen LogP) is 0.857. The number of anilines is 1. The summed E-state index contributed by atoms with van der Waals surface area (Å²) < 4.78 is 0. The third-order valence-corrected chi connectivity index (χ3v) is 4.87. The molecule has 0 saturated carbocycles. The molecule has 0 aromatic heterocycles. The highest BCUT2D eigenvalue weighted by Crippen LogP contribution is 2.19. The topological polar surface area (TPSA) is 64.7 Å². The van der Waals surface area contributed by atoms with Crippen LogP contribution in [0.5, 0.6) is 0 Å². The third kappa shape index (κ3) is 4.19. The Hall–Kier alpha value is -1.79. The molecule has 2 saturated heterocycles. The lowest BCUT2D eigenvalue weighted by Crippen LogP contribution is -2.52. The van der Waals surface area contributed by atoms with Crippen molar-refractivity contribution < 1.29 is 9.59 Å². The summed E-state index contributed by atoms with van der Waals surface area (Å²) >= 11 is 5.91. The molecule has 7 heteroatoms. The largest absolute Gasteiger partial charge is 0.368 e. The number of piperazine rings is 1. The minimum atomic E-state index is -0.139. The zero-order valence-corrected chi connectivity index (χ0v) is 14.4. The molecule has 24 heavy (non-hydrogen) atoms. The third-order valence-electron chi connectivity index (χ3n) is 4.61. The molecule has 1 atom stereocenters. The van der Waals surface area contributed by atoms with Crippen molar-refractivity contribution in [2.75, 3.05) is 44.2 Å². The quantitative estimate of drug-likeness (QED) is 0.845. The van der Waals surface area contributed by atoms with Gasteiger partial charge >= 0.3 is 0 Å². The van der Waals surface area contributed by atoms with E-state index in [9.17, 15) is 9.59 Å². The van der Waals surface area contributed by atoms with E-state index in [0.717, 1.165) is 43.2 Å². The van der Waals surface area contributed by atoms with E-state index in [0.29, 0.717) is 13.1 Å². The van der Waals surface area contributed by atoms with Gasteiger partial charge in [0.15, 0.2) is 0 Å². The Morgan fingerprint density at radius 3 is 2.50 bits per heavy atom.